The van der Waals surface area contributed by atoms with Crippen molar-refractivity contribution in [1.82, 2.24) is 9.80 Å². The van der Waals surface area contributed by atoms with Gasteiger partial charge in [-0.15, -0.1) is 0 Å². The van der Waals surface area contributed by atoms with Crippen LogP contribution in [0.5, 0.6) is 0 Å². The molecular formula is C15H32N2O2. The third kappa shape index (κ3) is 6.21. The van der Waals surface area contributed by atoms with Crippen LogP contribution in [0.3, 0.4) is 0 Å². The Hall–Kier alpha value is -0.160. The van der Waals surface area contributed by atoms with Crippen molar-refractivity contribution in [2.24, 2.45) is 11.3 Å². The predicted molar refractivity (Wildman–Crippen MR) is 79.4 cm³/mol. The fourth-order valence-corrected chi connectivity index (χ4v) is 2.74. The number of nitrogens with zero attached hydrogens (tertiary/aromatic N) is 2. The molecule has 1 aliphatic rings. The van der Waals surface area contributed by atoms with E-state index in [1.807, 2.05) is 0 Å². The zero-order valence-corrected chi connectivity index (χ0v) is 13.2. The Morgan fingerprint density at radius 2 is 1.79 bits per heavy atom. The lowest BCUT2D eigenvalue weighted by Crippen LogP contribution is -2.46. The topological polar surface area (TPSA) is 35.9 Å². The minimum Gasteiger partial charge on any atom is -0.396 e. The molecule has 19 heavy (non-hydrogen) atoms. The summed E-state index contributed by atoms with van der Waals surface area (Å²) in [5.41, 5.74) is 0.0550. The predicted octanol–water partition coefficient (Wildman–Crippen LogP) is 1.30. The molecule has 0 saturated carbocycles. The monoisotopic (exact) mass is 272 g/mol. The zero-order chi connectivity index (χ0) is 14.3. The first-order valence-corrected chi connectivity index (χ1v) is 7.53. The van der Waals surface area contributed by atoms with Crippen LogP contribution in [0.15, 0.2) is 0 Å². The Balaban J connectivity index is 2.57. The summed E-state index contributed by atoms with van der Waals surface area (Å²) in [5.74, 6) is 0.665. The normalized spacial score (nSPS) is 19.6. The maximum atomic E-state index is 9.81. The number of aliphatic hydroxyl groups is 1. The highest BCUT2D eigenvalue weighted by atomic mass is 16.5. The van der Waals surface area contributed by atoms with Gasteiger partial charge < -0.3 is 19.6 Å². The molecule has 0 aromatic carbocycles. The van der Waals surface area contributed by atoms with E-state index in [0.29, 0.717) is 5.92 Å². The highest BCUT2D eigenvalue weighted by molar-refractivity contribution is 4.85. The number of hydrogen-bond acceptors (Lipinski definition) is 4. The summed E-state index contributed by atoms with van der Waals surface area (Å²) in [4.78, 5) is 4.75. The third-order valence-corrected chi connectivity index (χ3v) is 3.93. The Morgan fingerprint density at radius 3 is 2.26 bits per heavy atom. The quantitative estimate of drug-likeness (QED) is 0.722. The second kappa shape index (κ2) is 8.20. The van der Waals surface area contributed by atoms with Gasteiger partial charge in [0.25, 0.3) is 0 Å². The van der Waals surface area contributed by atoms with E-state index in [1.54, 1.807) is 0 Å². The summed E-state index contributed by atoms with van der Waals surface area (Å²) >= 11 is 0. The van der Waals surface area contributed by atoms with E-state index in [0.717, 1.165) is 52.2 Å². The van der Waals surface area contributed by atoms with Gasteiger partial charge in [-0.05, 0) is 32.9 Å². The molecule has 4 nitrogen and oxygen atoms in total. The summed E-state index contributed by atoms with van der Waals surface area (Å²) in [6.45, 7) is 10.7. The summed E-state index contributed by atoms with van der Waals surface area (Å²) in [5, 5.41) is 9.81. The fourth-order valence-electron chi connectivity index (χ4n) is 2.74. The maximum Gasteiger partial charge on any atom is 0.0501 e. The van der Waals surface area contributed by atoms with E-state index in [2.05, 4.69) is 37.7 Å². The summed E-state index contributed by atoms with van der Waals surface area (Å²) in [7, 11) is 4.23. The van der Waals surface area contributed by atoms with Gasteiger partial charge in [0.2, 0.25) is 0 Å². The lowest BCUT2D eigenvalue weighted by atomic mass is 9.80. The van der Waals surface area contributed by atoms with Crippen LogP contribution < -0.4 is 0 Å². The molecule has 1 N–H and O–H groups in total. The lowest BCUT2D eigenvalue weighted by Gasteiger charge is -2.40. The molecule has 0 bridgehead atoms. The smallest absolute Gasteiger partial charge is 0.0501 e. The van der Waals surface area contributed by atoms with Crippen molar-refractivity contribution in [2.45, 2.75) is 26.7 Å². The van der Waals surface area contributed by atoms with Crippen LogP contribution in [0.1, 0.15) is 26.7 Å². The van der Waals surface area contributed by atoms with Crippen molar-refractivity contribution in [2.75, 3.05) is 60.1 Å². The fraction of sp³-hybridized carbons (Fsp3) is 1.00. The van der Waals surface area contributed by atoms with E-state index < -0.39 is 0 Å². The van der Waals surface area contributed by atoms with E-state index in [-0.39, 0.29) is 12.0 Å². The first kappa shape index (κ1) is 16.9. The Labute approximate surface area is 118 Å². The van der Waals surface area contributed by atoms with Crippen LogP contribution in [0.25, 0.3) is 0 Å². The summed E-state index contributed by atoms with van der Waals surface area (Å²) in [6.07, 6.45) is 1.97. The maximum absolute atomic E-state index is 9.81. The van der Waals surface area contributed by atoms with Crippen molar-refractivity contribution in [3.8, 4) is 0 Å². The number of ether oxygens (including phenoxy) is 1. The van der Waals surface area contributed by atoms with Gasteiger partial charge in [0.15, 0.2) is 0 Å². The Morgan fingerprint density at radius 1 is 1.16 bits per heavy atom. The van der Waals surface area contributed by atoms with Gasteiger partial charge >= 0.3 is 0 Å². The molecule has 0 amide bonds. The molecule has 4 heteroatoms. The number of likely N-dealkylation sites (N-methyl/N-ethyl adjacent to an activating group) is 1. The molecular weight excluding hydrogens is 240 g/mol. The molecule has 1 fully saturated rings. The van der Waals surface area contributed by atoms with Gasteiger partial charge in [-0.1, -0.05) is 13.8 Å². The highest BCUT2D eigenvalue weighted by Crippen LogP contribution is 2.31. The second-order valence-electron chi connectivity index (χ2n) is 6.70. The first-order valence-electron chi connectivity index (χ1n) is 7.53. The zero-order valence-electron chi connectivity index (χ0n) is 13.2. The molecule has 0 atom stereocenters. The van der Waals surface area contributed by atoms with E-state index >= 15 is 0 Å². The average molecular weight is 272 g/mol. The van der Waals surface area contributed by atoms with Crippen molar-refractivity contribution >= 4 is 0 Å². The van der Waals surface area contributed by atoms with Crippen LogP contribution in [0.4, 0.5) is 0 Å². The van der Waals surface area contributed by atoms with Gasteiger partial charge in [-0.3, -0.25) is 0 Å². The van der Waals surface area contributed by atoms with Crippen LogP contribution >= 0.6 is 0 Å². The molecule has 0 aromatic rings. The largest absolute Gasteiger partial charge is 0.396 e. The molecule has 0 aromatic heterocycles. The number of aliphatic hydroxyl groups excluding tert-OH is 1. The van der Waals surface area contributed by atoms with E-state index in [9.17, 15) is 5.11 Å². The summed E-state index contributed by atoms with van der Waals surface area (Å²) < 4.78 is 5.45. The molecule has 1 heterocycles. The van der Waals surface area contributed by atoms with Gasteiger partial charge in [-0.2, -0.15) is 0 Å². The second-order valence-corrected chi connectivity index (χ2v) is 6.70. The Bertz CT molecular complexity index is 238. The highest BCUT2D eigenvalue weighted by Gasteiger charge is 2.33. The van der Waals surface area contributed by atoms with Gasteiger partial charge in [-0.25, -0.2) is 0 Å². The van der Waals surface area contributed by atoms with E-state index in [1.165, 1.54) is 0 Å². The van der Waals surface area contributed by atoms with Crippen LogP contribution in [-0.2, 0) is 4.74 Å². The first-order chi connectivity index (χ1) is 8.97. The molecule has 114 valence electrons. The molecule has 0 unspecified atom stereocenters. The van der Waals surface area contributed by atoms with Crippen LogP contribution in [0, 0.1) is 11.3 Å². The lowest BCUT2D eigenvalue weighted by molar-refractivity contribution is -0.0362. The molecule has 0 radical (unpaired) electrons. The molecule has 0 aliphatic carbocycles. The Kier molecular flexibility index (Phi) is 7.29. The van der Waals surface area contributed by atoms with Crippen molar-refractivity contribution in [1.29, 1.82) is 0 Å². The SMILES string of the molecule is CC(C)CN(CCN(C)C)CC1(CO)CCOCC1. The number of hydrogen-bond donors (Lipinski definition) is 1. The van der Waals surface area contributed by atoms with E-state index in [4.69, 9.17) is 4.74 Å². The molecule has 1 saturated heterocycles. The number of rotatable bonds is 8. The van der Waals surface area contributed by atoms with Crippen molar-refractivity contribution in [3.05, 3.63) is 0 Å². The minimum atomic E-state index is 0.0550. The van der Waals surface area contributed by atoms with Crippen molar-refractivity contribution in [3.63, 3.8) is 0 Å². The van der Waals surface area contributed by atoms with Crippen LogP contribution in [-0.4, -0.2) is 75.0 Å². The average Bonchev–Trinajstić information content (AvgIpc) is 2.36. The third-order valence-electron chi connectivity index (χ3n) is 3.93. The van der Waals surface area contributed by atoms with Crippen molar-refractivity contribution < 1.29 is 9.84 Å². The van der Waals surface area contributed by atoms with Gasteiger partial charge in [0.1, 0.15) is 0 Å². The minimum absolute atomic E-state index is 0.0550. The standard InChI is InChI=1S/C15H32N2O2/c1-14(2)11-17(8-7-16(3)4)12-15(13-18)5-9-19-10-6-15/h14,18H,5-13H2,1-4H3. The van der Waals surface area contributed by atoms with Gasteiger partial charge in [0.05, 0.1) is 6.61 Å². The molecule has 0 spiro atoms. The van der Waals surface area contributed by atoms with Gasteiger partial charge in [0, 0.05) is 44.8 Å². The molecule has 1 aliphatic heterocycles. The molecule has 1 rings (SSSR count). The van der Waals surface area contributed by atoms with Crippen LogP contribution in [0.2, 0.25) is 0 Å². The summed E-state index contributed by atoms with van der Waals surface area (Å²) in [6, 6.07) is 0.